The number of carbonyl (C=O) groups excluding carboxylic acids is 2. The number of nitrogens with zero attached hydrogens (tertiary/aromatic N) is 2. The Morgan fingerprint density at radius 3 is 2.49 bits per heavy atom. The van der Waals surface area contributed by atoms with Crippen LogP contribution in [0, 0.1) is 11.8 Å². The number of alkyl halides is 3. The van der Waals surface area contributed by atoms with Gasteiger partial charge < -0.3 is 19.1 Å². The minimum Gasteiger partial charge on any atom is -0.493 e. The van der Waals surface area contributed by atoms with Crippen molar-refractivity contribution in [1.82, 2.24) is 9.80 Å². The number of rotatable bonds is 9. The third-order valence-corrected chi connectivity index (χ3v) is 11.1. The molecule has 1 saturated heterocycles. The maximum absolute atomic E-state index is 14.1. The summed E-state index contributed by atoms with van der Waals surface area (Å²) in [4.78, 5) is 31.6. The number of ether oxygens (including phenoxy) is 3. The molecule has 7 nitrogen and oxygen atoms in total. The van der Waals surface area contributed by atoms with Crippen LogP contribution < -0.4 is 9.47 Å². The van der Waals surface area contributed by atoms with Crippen LogP contribution in [-0.4, -0.2) is 72.2 Å². The molecule has 5 atom stereocenters. The smallest absolute Gasteiger partial charge is 0.416 e. The largest absolute Gasteiger partial charge is 0.493 e. The highest BCUT2D eigenvalue weighted by Crippen LogP contribution is 2.67. The second-order valence-corrected chi connectivity index (χ2v) is 14.5. The molecule has 2 aliphatic heterocycles. The maximum atomic E-state index is 14.1. The zero-order valence-corrected chi connectivity index (χ0v) is 27.4. The van der Waals surface area contributed by atoms with Gasteiger partial charge in [-0.3, -0.25) is 14.5 Å². The lowest BCUT2D eigenvalue weighted by molar-refractivity contribution is -0.224. The van der Waals surface area contributed by atoms with E-state index >= 15 is 0 Å². The van der Waals surface area contributed by atoms with Gasteiger partial charge in [-0.25, -0.2) is 0 Å². The molecule has 1 amide bonds. The van der Waals surface area contributed by atoms with Crippen molar-refractivity contribution < 1.29 is 37.0 Å². The van der Waals surface area contributed by atoms with Gasteiger partial charge in [-0.1, -0.05) is 32.0 Å². The van der Waals surface area contributed by atoms with Gasteiger partial charge in [0, 0.05) is 31.7 Å². The van der Waals surface area contributed by atoms with Crippen LogP contribution in [0.1, 0.15) is 75.1 Å². The lowest BCUT2D eigenvalue weighted by Crippen LogP contribution is -2.79. The molecule has 3 fully saturated rings. The summed E-state index contributed by atoms with van der Waals surface area (Å²) in [6, 6.07) is 8.54. The molecular weight excluding hydrogens is 609 g/mol. The van der Waals surface area contributed by atoms with Gasteiger partial charge in [-0.05, 0) is 92.3 Å². The van der Waals surface area contributed by atoms with Crippen molar-refractivity contribution in [2.75, 3.05) is 26.7 Å². The quantitative estimate of drug-likeness (QED) is 0.230. The number of piperidine rings is 1. The molecule has 2 saturated carbocycles. The fourth-order valence-corrected chi connectivity index (χ4v) is 9.19. The van der Waals surface area contributed by atoms with E-state index in [1.54, 1.807) is 13.2 Å². The standard InChI is InChI=1S/C37H43F3N2O5/c1-22(2)20-42(31(44)14-9-24-7-11-27(12-8-24)37(38,39)40)28-15-16-36(47-23(3)43)30-19-26-10-13-29(45-4)33-32(26)35(36,34(28)46-33)17-18-41(30)21-25-5-6-25/h7-14,22,25,28,30,34H,5-6,15-21H2,1-4H3/t28-,30+,34-,35-,36+/m0/s1. The minimum absolute atomic E-state index is 0.00605. The maximum Gasteiger partial charge on any atom is 0.416 e. The number of likely N-dealkylation sites (tertiary alicyclic amines) is 1. The summed E-state index contributed by atoms with van der Waals surface area (Å²) in [5.41, 5.74) is 0.524. The predicted molar refractivity (Wildman–Crippen MR) is 170 cm³/mol. The second kappa shape index (κ2) is 11.6. The van der Waals surface area contributed by atoms with E-state index in [-0.39, 0.29) is 29.9 Å². The van der Waals surface area contributed by atoms with Crippen LogP contribution in [0.3, 0.4) is 0 Å². The van der Waals surface area contributed by atoms with E-state index in [2.05, 4.69) is 24.8 Å². The molecule has 5 aliphatic rings. The van der Waals surface area contributed by atoms with Gasteiger partial charge in [-0.2, -0.15) is 13.2 Å². The van der Waals surface area contributed by atoms with Crippen molar-refractivity contribution in [2.24, 2.45) is 11.8 Å². The fourth-order valence-electron chi connectivity index (χ4n) is 9.19. The summed E-state index contributed by atoms with van der Waals surface area (Å²) in [6.07, 6.45) is 3.21. The molecule has 252 valence electrons. The Labute approximate surface area is 274 Å². The lowest BCUT2D eigenvalue weighted by atomic mass is 9.48. The molecule has 0 radical (unpaired) electrons. The van der Waals surface area contributed by atoms with Crippen molar-refractivity contribution in [3.05, 3.63) is 64.7 Å². The molecule has 0 N–H and O–H groups in total. The van der Waals surface area contributed by atoms with Crippen molar-refractivity contribution in [3.63, 3.8) is 0 Å². The Morgan fingerprint density at radius 2 is 1.85 bits per heavy atom. The first kappa shape index (κ1) is 32.0. The summed E-state index contributed by atoms with van der Waals surface area (Å²) < 4.78 is 58.8. The van der Waals surface area contributed by atoms with Crippen LogP contribution in [0.15, 0.2) is 42.5 Å². The van der Waals surface area contributed by atoms with Gasteiger partial charge in [-0.15, -0.1) is 0 Å². The van der Waals surface area contributed by atoms with Crippen molar-refractivity contribution in [1.29, 1.82) is 0 Å². The number of benzene rings is 2. The van der Waals surface area contributed by atoms with E-state index in [0.29, 0.717) is 42.4 Å². The van der Waals surface area contributed by atoms with Crippen LogP contribution in [0.2, 0.25) is 0 Å². The molecule has 0 aromatic heterocycles. The second-order valence-electron chi connectivity index (χ2n) is 14.5. The highest BCUT2D eigenvalue weighted by molar-refractivity contribution is 5.92. The number of amides is 1. The Hall–Kier alpha value is -3.53. The molecule has 2 aromatic carbocycles. The van der Waals surface area contributed by atoms with E-state index in [1.165, 1.54) is 43.5 Å². The van der Waals surface area contributed by atoms with E-state index in [9.17, 15) is 22.8 Å². The van der Waals surface area contributed by atoms with Gasteiger partial charge in [0.05, 0.1) is 30.2 Å². The Morgan fingerprint density at radius 1 is 1.11 bits per heavy atom. The van der Waals surface area contributed by atoms with Crippen LogP contribution >= 0.6 is 0 Å². The van der Waals surface area contributed by atoms with Crippen LogP contribution in [0.4, 0.5) is 13.2 Å². The summed E-state index contributed by atoms with van der Waals surface area (Å²) in [5, 5.41) is 0. The van der Waals surface area contributed by atoms with Gasteiger partial charge in [0.2, 0.25) is 5.91 Å². The summed E-state index contributed by atoms with van der Waals surface area (Å²) in [7, 11) is 1.63. The Kier molecular flexibility index (Phi) is 7.88. The highest BCUT2D eigenvalue weighted by Gasteiger charge is 2.76. The third kappa shape index (κ3) is 5.22. The average Bonchev–Trinajstić information content (AvgIpc) is 3.77. The van der Waals surface area contributed by atoms with E-state index in [4.69, 9.17) is 14.2 Å². The summed E-state index contributed by atoms with van der Waals surface area (Å²) >= 11 is 0. The number of methoxy groups -OCH3 is 1. The lowest BCUT2D eigenvalue weighted by Gasteiger charge is -2.65. The topological polar surface area (TPSA) is 68.3 Å². The first-order valence-corrected chi connectivity index (χ1v) is 16.8. The number of esters is 1. The summed E-state index contributed by atoms with van der Waals surface area (Å²) in [6.45, 7) is 7.91. The molecule has 2 heterocycles. The van der Waals surface area contributed by atoms with E-state index in [0.717, 1.165) is 43.6 Å². The monoisotopic (exact) mass is 652 g/mol. The number of carbonyl (C=O) groups is 2. The molecular formula is C37H43F3N2O5. The Balaban J connectivity index is 1.29. The molecule has 2 aromatic rings. The zero-order valence-electron chi connectivity index (χ0n) is 27.4. The molecule has 1 spiro atoms. The van der Waals surface area contributed by atoms with Crippen LogP contribution in [0.5, 0.6) is 11.5 Å². The number of halogens is 3. The van der Waals surface area contributed by atoms with Gasteiger partial charge in [0.1, 0.15) is 11.7 Å². The van der Waals surface area contributed by atoms with Gasteiger partial charge in [0.25, 0.3) is 0 Å². The van der Waals surface area contributed by atoms with E-state index < -0.39 is 28.9 Å². The molecule has 2 bridgehead atoms. The first-order chi connectivity index (χ1) is 22.4. The SMILES string of the molecule is COc1ccc2c3c1O[C@H]1[C@@H](N(CC(C)C)C(=O)C=Cc4ccc(C(F)(F)F)cc4)CC[C@@]4(OC(C)=O)[C@@H](C2)N(CC2CC2)CC[C@]314. The molecule has 7 rings (SSSR count). The zero-order chi connectivity index (χ0) is 33.3. The third-order valence-electron chi connectivity index (χ3n) is 11.1. The Bertz CT molecular complexity index is 1590. The van der Waals surface area contributed by atoms with Crippen molar-refractivity contribution >= 4 is 18.0 Å². The minimum atomic E-state index is -4.43. The average molecular weight is 653 g/mol. The molecule has 47 heavy (non-hydrogen) atoms. The number of hydrogen-bond acceptors (Lipinski definition) is 6. The van der Waals surface area contributed by atoms with E-state index in [1.807, 2.05) is 11.0 Å². The van der Waals surface area contributed by atoms with Crippen LogP contribution in [-0.2, 0) is 32.3 Å². The van der Waals surface area contributed by atoms with Crippen LogP contribution in [0.25, 0.3) is 6.08 Å². The predicted octanol–water partition coefficient (Wildman–Crippen LogP) is 6.42. The number of hydrogen-bond donors (Lipinski definition) is 0. The molecule has 3 aliphatic carbocycles. The van der Waals surface area contributed by atoms with Gasteiger partial charge >= 0.3 is 12.1 Å². The normalized spacial score (nSPS) is 29.4. The fraction of sp³-hybridized carbons (Fsp3) is 0.568. The van der Waals surface area contributed by atoms with Crippen molar-refractivity contribution in [3.8, 4) is 11.5 Å². The van der Waals surface area contributed by atoms with Crippen molar-refractivity contribution in [2.45, 2.75) is 94.7 Å². The first-order valence-electron chi connectivity index (χ1n) is 16.8. The highest BCUT2D eigenvalue weighted by atomic mass is 19.4. The summed E-state index contributed by atoms with van der Waals surface area (Å²) in [5.74, 6) is 1.59. The molecule has 0 unspecified atom stereocenters. The van der Waals surface area contributed by atoms with Gasteiger partial charge in [0.15, 0.2) is 11.5 Å². The molecule has 10 heteroatoms.